The Bertz CT molecular complexity index is 2060. The maximum Gasteiger partial charge on any atom is 0.112 e. The quantitative estimate of drug-likeness (QED) is 0.254. The van der Waals surface area contributed by atoms with Crippen LogP contribution >= 0.6 is 0 Å². The standard InChI is InChI=1S/C28H12N12.O.V/c1-5-13-17(29-9-1)25-35-21(13)33-22-14-6-2-10-30-18(14)27(36-22)40-28-20-16(8-4-12-32-20)24(38-28)34-23-15-7-3-11-31-19(15)26(37-23)39-25;;/h1-12H;;/q-2;;+2. The molecule has 0 atom stereocenters. The van der Waals surface area contributed by atoms with Gasteiger partial charge in [-0.3, -0.25) is 19.9 Å². The fourth-order valence-electron chi connectivity index (χ4n) is 4.96. The minimum absolute atomic E-state index is 0.375. The Labute approximate surface area is 243 Å². The SMILES string of the molecule is [O]=[V+2].c1cnc2c(c1)-c1nc-2nc2[n-]c(nc3nc(nc4[n-]c(n1)c1cccnc41)-c1ncccc1-3)c1cccnc21. The molecule has 0 fully saturated rings. The van der Waals surface area contributed by atoms with Crippen LogP contribution in [-0.4, -0.2) is 49.8 Å². The monoisotopic (exact) mass is 583 g/mol. The molecule has 0 N–H and O–H groups in total. The van der Waals surface area contributed by atoms with Crippen LogP contribution in [0.2, 0.25) is 0 Å². The fourth-order valence-corrected chi connectivity index (χ4v) is 4.96. The molecular formula is C28H12N12OV. The van der Waals surface area contributed by atoms with Gasteiger partial charge in [-0.15, -0.1) is 0 Å². The van der Waals surface area contributed by atoms with Crippen LogP contribution in [0.3, 0.4) is 0 Å². The van der Waals surface area contributed by atoms with Crippen LogP contribution in [0.4, 0.5) is 0 Å². The molecule has 0 radical (unpaired) electrons. The van der Waals surface area contributed by atoms with Gasteiger partial charge in [-0.2, -0.15) is 0 Å². The summed E-state index contributed by atoms with van der Waals surface area (Å²) in [5.74, 6) is 1.61. The van der Waals surface area contributed by atoms with Gasteiger partial charge in [0.1, 0.15) is 23.0 Å². The van der Waals surface area contributed by atoms with Gasteiger partial charge in [0.25, 0.3) is 0 Å². The Balaban J connectivity index is 0.00000131. The molecule has 9 rings (SSSR count). The van der Waals surface area contributed by atoms with Crippen molar-refractivity contribution in [1.29, 1.82) is 0 Å². The van der Waals surface area contributed by atoms with E-state index in [4.69, 9.17) is 43.5 Å². The van der Waals surface area contributed by atoms with Crippen molar-refractivity contribution < 1.29 is 21.0 Å². The Hall–Kier alpha value is -5.66. The number of nitrogens with zero attached hydrogens (tertiary/aromatic N) is 12. The summed E-state index contributed by atoms with van der Waals surface area (Å²) >= 11 is 1.06. The van der Waals surface area contributed by atoms with Gasteiger partial charge in [0, 0.05) is 69.3 Å². The van der Waals surface area contributed by atoms with Crippen LogP contribution < -0.4 is 9.97 Å². The Morgan fingerprint density at radius 3 is 1.33 bits per heavy atom. The molecule has 0 saturated heterocycles. The van der Waals surface area contributed by atoms with Crippen LogP contribution in [0.5, 0.6) is 0 Å². The number of fused-ring (bicyclic) bond motifs is 20. The van der Waals surface area contributed by atoms with Gasteiger partial charge in [0.15, 0.2) is 0 Å². The van der Waals surface area contributed by atoms with Crippen molar-refractivity contribution in [3.8, 4) is 45.8 Å². The molecule has 42 heavy (non-hydrogen) atoms. The summed E-state index contributed by atoms with van der Waals surface area (Å²) < 4.78 is 8.19. The first-order valence-corrected chi connectivity index (χ1v) is 13.1. The molecule has 2 aliphatic heterocycles. The first kappa shape index (κ1) is 24.2. The molecule has 0 unspecified atom stereocenters. The Morgan fingerprint density at radius 1 is 0.452 bits per heavy atom. The minimum atomic E-state index is 0.375. The summed E-state index contributed by atoms with van der Waals surface area (Å²) in [6, 6.07) is 14.9. The van der Waals surface area contributed by atoms with E-state index in [9.17, 15) is 0 Å². The average Bonchev–Trinajstić information content (AvgIpc) is 3.78. The van der Waals surface area contributed by atoms with Gasteiger partial charge in [-0.25, -0.2) is 9.97 Å². The van der Waals surface area contributed by atoms with Crippen LogP contribution in [0.15, 0.2) is 73.3 Å². The molecular weight excluding hydrogens is 571 g/mol. The van der Waals surface area contributed by atoms with E-state index in [-0.39, 0.29) is 0 Å². The first-order chi connectivity index (χ1) is 20.8. The molecule has 14 heteroatoms. The zero-order valence-corrected chi connectivity index (χ0v) is 22.5. The van der Waals surface area contributed by atoms with E-state index in [0.29, 0.717) is 68.3 Å². The van der Waals surface area contributed by atoms with Crippen LogP contribution in [0.25, 0.3) is 90.2 Å². The smallest absolute Gasteiger partial charge is 0.112 e. The van der Waals surface area contributed by atoms with Crippen molar-refractivity contribution in [2.75, 3.05) is 0 Å². The van der Waals surface area contributed by atoms with Crippen LogP contribution in [0.1, 0.15) is 0 Å². The summed E-state index contributed by atoms with van der Waals surface area (Å²) in [5, 5.41) is 1.46. The van der Waals surface area contributed by atoms with E-state index in [2.05, 4.69) is 19.9 Å². The molecule has 0 spiro atoms. The first-order valence-electron chi connectivity index (χ1n) is 12.5. The molecule has 0 saturated carbocycles. The second-order valence-electron chi connectivity index (χ2n) is 9.08. The van der Waals surface area contributed by atoms with Gasteiger partial charge in [-0.05, 0) is 36.4 Å². The number of pyridine rings is 4. The zero-order valence-electron chi connectivity index (χ0n) is 21.2. The maximum atomic E-state index is 8.19. The van der Waals surface area contributed by atoms with E-state index >= 15 is 0 Å². The van der Waals surface area contributed by atoms with Crippen LogP contribution in [-0.2, 0) is 21.0 Å². The molecule has 8 bridgehead atoms. The van der Waals surface area contributed by atoms with Gasteiger partial charge in [-0.1, -0.05) is 12.1 Å². The van der Waals surface area contributed by atoms with Crippen molar-refractivity contribution in [2.45, 2.75) is 0 Å². The Morgan fingerprint density at radius 2 is 0.857 bits per heavy atom. The van der Waals surface area contributed by atoms with Crippen molar-refractivity contribution >= 4 is 44.4 Å². The summed E-state index contributed by atoms with van der Waals surface area (Å²) in [5.41, 5.74) is 5.44. The van der Waals surface area contributed by atoms with E-state index < -0.39 is 0 Å². The summed E-state index contributed by atoms with van der Waals surface area (Å²) in [4.78, 5) is 56.4. The molecule has 0 aliphatic carbocycles. The van der Waals surface area contributed by atoms with Crippen LogP contribution in [0, 0.1) is 0 Å². The summed E-state index contributed by atoms with van der Waals surface area (Å²) in [6.07, 6.45) is 6.78. The molecule has 13 nitrogen and oxygen atoms in total. The van der Waals surface area contributed by atoms with Gasteiger partial charge >= 0.3 is 21.0 Å². The van der Waals surface area contributed by atoms with E-state index in [1.54, 1.807) is 24.8 Å². The largest absolute Gasteiger partial charge is 0.356 e. The van der Waals surface area contributed by atoms with Crippen molar-refractivity contribution in [3.63, 3.8) is 0 Å². The third kappa shape index (κ3) is 3.65. The molecule has 7 aromatic rings. The molecule has 0 amide bonds. The topological polar surface area (TPSA) is 174 Å². The third-order valence-corrected chi connectivity index (χ3v) is 6.74. The fraction of sp³-hybridized carbons (Fsp3) is 0. The van der Waals surface area contributed by atoms with Crippen molar-refractivity contribution in [3.05, 3.63) is 73.3 Å². The van der Waals surface area contributed by atoms with Gasteiger partial charge in [0.05, 0.1) is 22.7 Å². The third-order valence-electron chi connectivity index (χ3n) is 6.74. The van der Waals surface area contributed by atoms with E-state index in [0.717, 1.165) is 39.3 Å². The summed E-state index contributed by atoms with van der Waals surface area (Å²) in [6.45, 7) is 0. The van der Waals surface area contributed by atoms with Crippen molar-refractivity contribution in [2.24, 2.45) is 0 Å². The van der Waals surface area contributed by atoms with E-state index in [1.807, 2.05) is 48.5 Å². The summed E-state index contributed by atoms with van der Waals surface area (Å²) in [7, 11) is 0. The number of hydrogen-bond donors (Lipinski definition) is 0. The zero-order chi connectivity index (χ0) is 28.2. The van der Waals surface area contributed by atoms with E-state index in [1.165, 1.54) is 0 Å². The molecule has 0 aromatic carbocycles. The maximum absolute atomic E-state index is 8.19. The molecule has 7 aromatic heterocycles. The molecule has 195 valence electrons. The predicted molar refractivity (Wildman–Crippen MR) is 146 cm³/mol. The number of aromatic nitrogens is 12. The molecule has 2 aliphatic rings. The normalized spacial score (nSPS) is 11.6. The van der Waals surface area contributed by atoms with Gasteiger partial charge < -0.3 is 29.9 Å². The second-order valence-corrected chi connectivity index (χ2v) is 9.08. The Kier molecular flexibility index (Phi) is 5.45. The van der Waals surface area contributed by atoms with Gasteiger partial charge in [0.2, 0.25) is 0 Å². The number of rotatable bonds is 0. The second kappa shape index (κ2) is 9.47. The minimum Gasteiger partial charge on any atom is -0.356 e. The molecule has 9 heterocycles. The predicted octanol–water partition coefficient (Wildman–Crippen LogP) is 3.59. The number of hydrogen-bond acceptors (Lipinski definition) is 11. The average molecular weight is 583 g/mol. The van der Waals surface area contributed by atoms with Crippen molar-refractivity contribution in [1.82, 2.24) is 59.8 Å².